The Bertz CT molecular complexity index is 729. The highest BCUT2D eigenvalue weighted by atomic mass is 19.3. The van der Waals surface area contributed by atoms with Crippen molar-refractivity contribution in [3.05, 3.63) is 24.3 Å². The van der Waals surface area contributed by atoms with Gasteiger partial charge in [-0.15, -0.1) is 0 Å². The van der Waals surface area contributed by atoms with Gasteiger partial charge in [0.2, 0.25) is 5.67 Å². The Hall–Kier alpha value is -2.49. The van der Waals surface area contributed by atoms with E-state index >= 15 is 0 Å². The maximum absolute atomic E-state index is 14.8. The Morgan fingerprint density at radius 2 is 0.938 bits per heavy atom. The monoisotopic (exact) mass is 500 g/mol. The second-order valence-electron chi connectivity index (χ2n) is 6.41. The highest BCUT2D eigenvalue weighted by molar-refractivity contribution is 5.82. The topological polar surface area (TPSA) is 52.6 Å². The van der Waals surface area contributed by atoms with E-state index in [1.165, 1.54) is 0 Å². The van der Waals surface area contributed by atoms with E-state index in [0.29, 0.717) is 0 Å². The number of carbonyl (C=O) groups excluding carboxylic acids is 2. The molecule has 184 valence electrons. The van der Waals surface area contributed by atoms with Crippen LogP contribution in [0.2, 0.25) is 0 Å². The minimum atomic E-state index is -6.95. The maximum Gasteiger partial charge on any atom is 0.356 e. The predicted molar refractivity (Wildman–Crippen MR) is 74.5 cm³/mol. The summed E-state index contributed by atoms with van der Waals surface area (Å²) in [6.45, 7) is -7.02. The summed E-state index contributed by atoms with van der Waals surface area (Å²) < 4.78 is 184. The molecule has 0 spiro atoms. The molecule has 1 fully saturated rings. The van der Waals surface area contributed by atoms with Crippen molar-refractivity contribution in [1.82, 2.24) is 0 Å². The molecule has 1 aliphatic carbocycles. The summed E-state index contributed by atoms with van der Waals surface area (Å²) in [5.74, 6) is -25.2. The Labute approximate surface area is 168 Å². The van der Waals surface area contributed by atoms with Gasteiger partial charge in [-0.3, -0.25) is 0 Å². The van der Waals surface area contributed by atoms with Crippen LogP contribution in [-0.4, -0.2) is 59.9 Å². The maximum atomic E-state index is 14.8. The molecular weight excluding hydrogens is 491 g/mol. The van der Waals surface area contributed by atoms with Gasteiger partial charge < -0.3 is 9.47 Å². The molecule has 3 atom stereocenters. The lowest BCUT2D eigenvalue weighted by Crippen LogP contribution is -2.87. The number of rotatable bonds is 6. The highest BCUT2D eigenvalue weighted by Crippen LogP contribution is 2.68. The third-order valence-electron chi connectivity index (χ3n) is 4.50. The van der Waals surface area contributed by atoms with Gasteiger partial charge in [0.25, 0.3) is 23.5 Å². The number of halogens is 13. The number of hydrogen-bond acceptors (Lipinski definition) is 4. The third kappa shape index (κ3) is 3.78. The highest BCUT2D eigenvalue weighted by Gasteiger charge is 2.97. The average Bonchev–Trinajstić information content (AvgIpc) is 2.61. The molecule has 0 aromatic rings. The molecule has 0 radical (unpaired) electrons. The van der Waals surface area contributed by atoms with Gasteiger partial charge in [0.1, 0.15) is 13.2 Å². The van der Waals surface area contributed by atoms with E-state index in [-0.39, 0.29) is 0 Å². The van der Waals surface area contributed by atoms with Crippen LogP contribution in [0.3, 0.4) is 0 Å². The number of hydrogen-bond donors (Lipinski definition) is 0. The van der Waals surface area contributed by atoms with Crippen LogP contribution in [0.5, 0.6) is 0 Å². The van der Waals surface area contributed by atoms with Crippen LogP contribution in [0.15, 0.2) is 24.3 Å². The number of ether oxygens (including phenoxy) is 2. The molecule has 1 rings (SSSR count). The van der Waals surface area contributed by atoms with Crippen molar-refractivity contribution in [2.75, 3.05) is 13.2 Å². The van der Waals surface area contributed by atoms with Crippen LogP contribution >= 0.6 is 0 Å². The summed E-state index contributed by atoms with van der Waals surface area (Å²) in [4.78, 5) is 21.8. The zero-order valence-electron chi connectivity index (χ0n) is 15.1. The van der Waals surface area contributed by atoms with E-state index in [4.69, 9.17) is 0 Å². The van der Waals surface area contributed by atoms with Crippen LogP contribution in [-0.2, 0) is 19.1 Å². The van der Waals surface area contributed by atoms with Crippen LogP contribution < -0.4 is 0 Å². The summed E-state index contributed by atoms with van der Waals surface area (Å²) in [6.07, 6.45) is -7.48. The van der Waals surface area contributed by atoms with Crippen LogP contribution in [0.1, 0.15) is 6.92 Å². The quantitative estimate of drug-likeness (QED) is 0.302. The molecule has 3 unspecified atom stereocenters. The average molecular weight is 500 g/mol. The first-order chi connectivity index (χ1) is 14.1. The summed E-state index contributed by atoms with van der Waals surface area (Å²) >= 11 is 0. The Morgan fingerprint density at radius 3 is 1.28 bits per heavy atom. The van der Waals surface area contributed by atoms with Gasteiger partial charge in [-0.1, -0.05) is 0 Å². The molecular formula is C15H9F13O4. The first-order valence-corrected chi connectivity index (χ1v) is 7.71. The second kappa shape index (κ2) is 8.13. The normalized spacial score (nSPS) is 32.4. The van der Waals surface area contributed by atoms with E-state index < -0.39 is 91.2 Å². The van der Waals surface area contributed by atoms with Crippen LogP contribution in [0, 0.1) is 0 Å². The SMILES string of the molecule is CC1(F)C(F)(F)C(F)(COC(=O)C=C(F)F)C(F)(F)C(F)(F)C1(F)COC(=O)C=C(F)F. The molecule has 0 amide bonds. The van der Waals surface area contributed by atoms with Gasteiger partial charge in [-0.2, -0.15) is 43.9 Å². The first-order valence-electron chi connectivity index (χ1n) is 7.71. The molecule has 17 heteroatoms. The van der Waals surface area contributed by atoms with Gasteiger partial charge >= 0.3 is 29.7 Å². The third-order valence-corrected chi connectivity index (χ3v) is 4.50. The molecule has 0 saturated heterocycles. The van der Waals surface area contributed by atoms with E-state index in [0.717, 1.165) is 0 Å². The smallest absolute Gasteiger partial charge is 0.356 e. The van der Waals surface area contributed by atoms with Crippen molar-refractivity contribution in [3.63, 3.8) is 0 Å². The zero-order chi connectivity index (χ0) is 25.6. The van der Waals surface area contributed by atoms with E-state index in [1.807, 2.05) is 0 Å². The largest absolute Gasteiger partial charge is 0.459 e. The van der Waals surface area contributed by atoms with E-state index in [9.17, 15) is 66.7 Å². The Balaban J connectivity index is 3.55. The fraction of sp³-hybridized carbons (Fsp3) is 0.600. The van der Waals surface area contributed by atoms with Gasteiger partial charge in [0.15, 0.2) is 0 Å². The number of alkyl halides is 9. The molecule has 1 aliphatic rings. The van der Waals surface area contributed by atoms with Gasteiger partial charge in [0, 0.05) is 0 Å². The molecule has 0 aromatic heterocycles. The summed E-state index contributed by atoms with van der Waals surface area (Å²) in [5.41, 5.74) is -17.9. The van der Waals surface area contributed by atoms with Crippen molar-refractivity contribution < 1.29 is 76.1 Å². The Morgan fingerprint density at radius 1 is 0.625 bits per heavy atom. The van der Waals surface area contributed by atoms with E-state index in [1.54, 1.807) is 0 Å². The first kappa shape index (κ1) is 27.5. The van der Waals surface area contributed by atoms with E-state index in [2.05, 4.69) is 9.47 Å². The lowest BCUT2D eigenvalue weighted by Gasteiger charge is -2.56. The molecule has 32 heavy (non-hydrogen) atoms. The fourth-order valence-electron chi connectivity index (χ4n) is 2.62. The molecule has 4 nitrogen and oxygen atoms in total. The molecule has 1 saturated carbocycles. The predicted octanol–water partition coefficient (Wildman–Crippen LogP) is 4.70. The van der Waals surface area contributed by atoms with Gasteiger partial charge in [-0.25, -0.2) is 22.8 Å². The molecule has 0 aromatic carbocycles. The lowest BCUT2D eigenvalue weighted by molar-refractivity contribution is -0.439. The fourth-order valence-corrected chi connectivity index (χ4v) is 2.62. The molecule has 0 N–H and O–H groups in total. The molecule has 0 heterocycles. The standard InChI is InChI=1S/C15H9F13O4/c1-10(20)11(21,4-31-8(29)2-6(16)17)14(25,26)15(27,28)12(22,13(10,23)24)5-32-9(30)3-7(18)19/h2-3H,4-5H2,1H3. The van der Waals surface area contributed by atoms with Crippen molar-refractivity contribution in [2.45, 2.75) is 41.7 Å². The molecule has 0 aliphatic heterocycles. The number of esters is 2. The minimum absolute atomic E-state index is 0.827. The summed E-state index contributed by atoms with van der Waals surface area (Å²) in [5, 5.41) is 0. The van der Waals surface area contributed by atoms with Crippen molar-refractivity contribution >= 4 is 11.9 Å². The van der Waals surface area contributed by atoms with Crippen molar-refractivity contribution in [3.8, 4) is 0 Å². The summed E-state index contributed by atoms with van der Waals surface area (Å²) in [7, 11) is 0. The molecule has 0 bridgehead atoms. The van der Waals surface area contributed by atoms with Crippen molar-refractivity contribution in [2.24, 2.45) is 0 Å². The Kier molecular flexibility index (Phi) is 7.00. The van der Waals surface area contributed by atoms with Crippen LogP contribution in [0.4, 0.5) is 57.1 Å². The van der Waals surface area contributed by atoms with Gasteiger partial charge in [-0.05, 0) is 6.92 Å². The van der Waals surface area contributed by atoms with Gasteiger partial charge in [0.05, 0.1) is 12.2 Å². The second-order valence-corrected chi connectivity index (χ2v) is 6.41. The van der Waals surface area contributed by atoms with Crippen LogP contribution in [0.25, 0.3) is 0 Å². The van der Waals surface area contributed by atoms with Crippen molar-refractivity contribution in [1.29, 1.82) is 0 Å². The lowest BCUT2D eigenvalue weighted by atomic mass is 9.62. The zero-order valence-corrected chi connectivity index (χ0v) is 15.1. The summed E-state index contributed by atoms with van der Waals surface area (Å²) in [6, 6.07) is 0. The minimum Gasteiger partial charge on any atom is -0.459 e. The number of carbonyl (C=O) groups is 2.